The van der Waals surface area contributed by atoms with Crippen LogP contribution in [0.1, 0.15) is 5.56 Å². The first-order valence-electron chi connectivity index (χ1n) is 6.17. The van der Waals surface area contributed by atoms with Crippen LogP contribution < -0.4 is 5.32 Å². The highest BCUT2D eigenvalue weighted by Crippen LogP contribution is 2.08. The predicted molar refractivity (Wildman–Crippen MR) is 74.1 cm³/mol. The molecule has 5 heteroatoms. The van der Waals surface area contributed by atoms with Gasteiger partial charge in [-0.2, -0.15) is 5.10 Å². The molecule has 0 bridgehead atoms. The summed E-state index contributed by atoms with van der Waals surface area (Å²) in [5.41, 5.74) is 2.18. The minimum atomic E-state index is -0.252. The average Bonchev–Trinajstić information content (AvgIpc) is 2.89. The Morgan fingerprint density at radius 3 is 2.63 bits per heavy atom. The van der Waals surface area contributed by atoms with Crippen molar-refractivity contribution in [2.75, 3.05) is 26.1 Å². The second-order valence-corrected chi connectivity index (χ2v) is 4.19. The first kappa shape index (κ1) is 13.6. The van der Waals surface area contributed by atoms with Crippen LogP contribution in [0, 0.1) is 0 Å². The summed E-state index contributed by atoms with van der Waals surface area (Å²) in [4.78, 5) is 0. The van der Waals surface area contributed by atoms with E-state index in [2.05, 4.69) is 22.5 Å². The summed E-state index contributed by atoms with van der Waals surface area (Å²) >= 11 is 0. The van der Waals surface area contributed by atoms with E-state index >= 15 is 0 Å². The first-order chi connectivity index (χ1) is 9.31. The van der Waals surface area contributed by atoms with Crippen molar-refractivity contribution >= 4 is 5.69 Å². The molecule has 0 fully saturated rings. The molecular weight excluding hydrogens is 242 g/mol. The molecule has 0 aliphatic rings. The number of hydrogen-bond acceptors (Lipinski definition) is 4. The number of methoxy groups -OCH3 is 2. The SMILES string of the molecule is COC(CNc1cnn(Cc2ccccc2)c1)OC. The maximum absolute atomic E-state index is 5.11. The van der Waals surface area contributed by atoms with Crippen molar-refractivity contribution in [2.24, 2.45) is 0 Å². The zero-order valence-corrected chi connectivity index (χ0v) is 11.2. The van der Waals surface area contributed by atoms with Gasteiger partial charge in [-0.05, 0) is 5.56 Å². The van der Waals surface area contributed by atoms with Crippen LogP contribution in [-0.4, -0.2) is 36.8 Å². The van der Waals surface area contributed by atoms with Crippen LogP contribution in [0.15, 0.2) is 42.7 Å². The molecule has 0 aliphatic carbocycles. The molecule has 0 aliphatic heterocycles. The van der Waals surface area contributed by atoms with Crippen LogP contribution in [0.3, 0.4) is 0 Å². The van der Waals surface area contributed by atoms with Crippen molar-refractivity contribution < 1.29 is 9.47 Å². The van der Waals surface area contributed by atoms with E-state index in [0.29, 0.717) is 6.54 Å². The maximum atomic E-state index is 5.11. The molecule has 0 atom stereocenters. The van der Waals surface area contributed by atoms with Crippen molar-refractivity contribution in [3.05, 3.63) is 48.3 Å². The Hall–Kier alpha value is -1.85. The van der Waals surface area contributed by atoms with Crippen molar-refractivity contribution in [2.45, 2.75) is 12.8 Å². The Labute approximate surface area is 113 Å². The first-order valence-corrected chi connectivity index (χ1v) is 6.17. The molecule has 102 valence electrons. The molecule has 0 saturated heterocycles. The lowest BCUT2D eigenvalue weighted by molar-refractivity contribution is -0.0914. The minimum absolute atomic E-state index is 0.252. The molecule has 1 heterocycles. The fourth-order valence-electron chi connectivity index (χ4n) is 1.78. The topological polar surface area (TPSA) is 48.3 Å². The van der Waals surface area contributed by atoms with E-state index in [-0.39, 0.29) is 6.29 Å². The Bertz CT molecular complexity index is 480. The standard InChI is InChI=1S/C14H19N3O2/c1-18-14(19-2)9-15-13-8-16-17(11-13)10-12-6-4-3-5-7-12/h3-8,11,14-15H,9-10H2,1-2H3. The molecule has 19 heavy (non-hydrogen) atoms. The lowest BCUT2D eigenvalue weighted by Gasteiger charge is -2.13. The molecule has 0 radical (unpaired) electrons. The van der Waals surface area contributed by atoms with Gasteiger partial charge in [0, 0.05) is 20.4 Å². The molecule has 0 spiro atoms. The third-order valence-electron chi connectivity index (χ3n) is 2.82. The predicted octanol–water partition coefficient (Wildman–Crippen LogP) is 1.96. The van der Waals surface area contributed by atoms with Gasteiger partial charge in [0.25, 0.3) is 0 Å². The molecule has 0 amide bonds. The van der Waals surface area contributed by atoms with Crippen LogP contribution in [0.4, 0.5) is 5.69 Å². The Morgan fingerprint density at radius 2 is 1.95 bits per heavy atom. The number of nitrogens with one attached hydrogen (secondary N) is 1. The summed E-state index contributed by atoms with van der Waals surface area (Å²) in [6.07, 6.45) is 3.51. The monoisotopic (exact) mass is 261 g/mol. The summed E-state index contributed by atoms with van der Waals surface area (Å²) in [6, 6.07) is 10.2. The van der Waals surface area contributed by atoms with Crippen molar-refractivity contribution in [3.8, 4) is 0 Å². The molecule has 1 N–H and O–H groups in total. The summed E-state index contributed by atoms with van der Waals surface area (Å²) in [6.45, 7) is 1.35. The zero-order chi connectivity index (χ0) is 13.5. The zero-order valence-electron chi connectivity index (χ0n) is 11.2. The molecule has 0 saturated carbocycles. The van der Waals surface area contributed by atoms with Gasteiger partial charge in [-0.15, -0.1) is 0 Å². The third kappa shape index (κ3) is 4.08. The van der Waals surface area contributed by atoms with E-state index in [0.717, 1.165) is 12.2 Å². The second kappa shape index (κ2) is 6.92. The quantitative estimate of drug-likeness (QED) is 0.774. The molecule has 2 aromatic rings. The van der Waals surface area contributed by atoms with Gasteiger partial charge in [0.1, 0.15) is 0 Å². The third-order valence-corrected chi connectivity index (χ3v) is 2.82. The summed E-state index contributed by atoms with van der Waals surface area (Å²) in [7, 11) is 3.24. The van der Waals surface area contributed by atoms with Gasteiger partial charge in [-0.25, -0.2) is 0 Å². The number of rotatable bonds is 7. The number of hydrogen-bond donors (Lipinski definition) is 1. The number of benzene rings is 1. The number of nitrogens with zero attached hydrogens (tertiary/aromatic N) is 2. The van der Waals surface area contributed by atoms with Gasteiger partial charge in [-0.3, -0.25) is 4.68 Å². The van der Waals surface area contributed by atoms with Gasteiger partial charge >= 0.3 is 0 Å². The summed E-state index contributed by atoms with van der Waals surface area (Å²) in [5, 5.41) is 7.53. The van der Waals surface area contributed by atoms with E-state index in [4.69, 9.17) is 9.47 Å². The van der Waals surface area contributed by atoms with E-state index in [1.54, 1.807) is 20.4 Å². The second-order valence-electron chi connectivity index (χ2n) is 4.19. The van der Waals surface area contributed by atoms with E-state index in [1.165, 1.54) is 5.56 Å². The summed E-state index contributed by atoms with van der Waals surface area (Å²) < 4.78 is 12.1. The van der Waals surface area contributed by atoms with Crippen LogP contribution >= 0.6 is 0 Å². The normalized spacial score (nSPS) is 10.9. The lowest BCUT2D eigenvalue weighted by Crippen LogP contribution is -2.23. The lowest BCUT2D eigenvalue weighted by atomic mass is 10.2. The average molecular weight is 261 g/mol. The van der Waals surface area contributed by atoms with Crippen LogP contribution in [-0.2, 0) is 16.0 Å². The van der Waals surface area contributed by atoms with E-state index in [1.807, 2.05) is 29.1 Å². The fourth-order valence-corrected chi connectivity index (χ4v) is 1.78. The smallest absolute Gasteiger partial charge is 0.173 e. The number of aromatic nitrogens is 2. The number of anilines is 1. The summed E-state index contributed by atoms with van der Waals surface area (Å²) in [5.74, 6) is 0. The molecule has 1 aromatic carbocycles. The fraction of sp³-hybridized carbons (Fsp3) is 0.357. The minimum Gasteiger partial charge on any atom is -0.377 e. The Morgan fingerprint density at radius 1 is 1.21 bits per heavy atom. The molecule has 2 rings (SSSR count). The van der Waals surface area contributed by atoms with Crippen LogP contribution in [0.5, 0.6) is 0 Å². The number of ether oxygens (including phenoxy) is 2. The highest BCUT2D eigenvalue weighted by Gasteiger charge is 2.05. The van der Waals surface area contributed by atoms with Crippen molar-refractivity contribution in [1.29, 1.82) is 0 Å². The highest BCUT2D eigenvalue weighted by atomic mass is 16.7. The Balaban J connectivity index is 1.88. The maximum Gasteiger partial charge on any atom is 0.173 e. The van der Waals surface area contributed by atoms with Crippen molar-refractivity contribution in [3.63, 3.8) is 0 Å². The highest BCUT2D eigenvalue weighted by molar-refractivity contribution is 5.38. The van der Waals surface area contributed by atoms with Gasteiger partial charge in [-0.1, -0.05) is 30.3 Å². The molecule has 1 aromatic heterocycles. The molecular formula is C14H19N3O2. The Kier molecular flexibility index (Phi) is 4.94. The van der Waals surface area contributed by atoms with E-state index < -0.39 is 0 Å². The van der Waals surface area contributed by atoms with Crippen molar-refractivity contribution in [1.82, 2.24) is 9.78 Å². The van der Waals surface area contributed by atoms with Gasteiger partial charge in [0.2, 0.25) is 0 Å². The largest absolute Gasteiger partial charge is 0.377 e. The van der Waals surface area contributed by atoms with E-state index in [9.17, 15) is 0 Å². The van der Waals surface area contributed by atoms with Crippen LogP contribution in [0.25, 0.3) is 0 Å². The molecule has 0 unspecified atom stereocenters. The molecule has 5 nitrogen and oxygen atoms in total. The van der Waals surface area contributed by atoms with Crippen LogP contribution in [0.2, 0.25) is 0 Å². The van der Waals surface area contributed by atoms with Gasteiger partial charge in [0.15, 0.2) is 6.29 Å². The van der Waals surface area contributed by atoms with Gasteiger partial charge < -0.3 is 14.8 Å². The van der Waals surface area contributed by atoms with Gasteiger partial charge in [0.05, 0.1) is 25.0 Å².